The van der Waals surface area contributed by atoms with Crippen LogP contribution >= 0.6 is 0 Å². The van der Waals surface area contributed by atoms with Gasteiger partial charge in [0, 0.05) is 25.0 Å². The largest absolute Gasteiger partial charge is 0.387 e. The van der Waals surface area contributed by atoms with Crippen LogP contribution in [-0.2, 0) is 0 Å². The number of carbonyl (C=O) groups is 1. The number of nitrogens with zero attached hydrogens (tertiary/aromatic N) is 1. The molecule has 0 aromatic carbocycles. The molecular formula is C12H24N4O. The average Bonchev–Trinajstić information content (AvgIpc) is 2.27. The predicted octanol–water partition coefficient (Wildman–Crippen LogP) is 1.39. The lowest BCUT2D eigenvalue weighted by Crippen LogP contribution is -2.48. The van der Waals surface area contributed by atoms with Gasteiger partial charge in [-0.05, 0) is 18.8 Å². The van der Waals surface area contributed by atoms with Crippen molar-refractivity contribution in [2.24, 2.45) is 17.1 Å². The number of hydrogen-bond acceptors (Lipinski definition) is 2. The van der Waals surface area contributed by atoms with Gasteiger partial charge in [-0.3, -0.25) is 5.41 Å². The normalized spacial score (nSPS) is 17.9. The minimum absolute atomic E-state index is 0.0359. The van der Waals surface area contributed by atoms with Crippen LogP contribution in [0.2, 0.25) is 0 Å². The van der Waals surface area contributed by atoms with Crippen molar-refractivity contribution in [3.8, 4) is 0 Å². The van der Waals surface area contributed by atoms with Crippen molar-refractivity contribution >= 4 is 11.9 Å². The van der Waals surface area contributed by atoms with Crippen LogP contribution in [-0.4, -0.2) is 36.4 Å². The van der Waals surface area contributed by atoms with E-state index in [4.69, 9.17) is 11.1 Å². The molecule has 0 unspecified atom stereocenters. The van der Waals surface area contributed by atoms with E-state index in [1.165, 1.54) is 0 Å². The lowest BCUT2D eigenvalue weighted by Gasteiger charge is -2.32. The Labute approximate surface area is 103 Å². The summed E-state index contributed by atoms with van der Waals surface area (Å²) < 4.78 is 0. The molecule has 0 radical (unpaired) electrons. The SMILES string of the molecule is CC1CCN(C(=O)NCC(C)(C)C(=N)N)CC1. The fourth-order valence-electron chi connectivity index (χ4n) is 1.72. The Balaban J connectivity index is 2.37. The van der Waals surface area contributed by atoms with Gasteiger partial charge < -0.3 is 16.0 Å². The molecule has 2 amide bonds. The number of carbonyl (C=O) groups excluding carboxylic acids is 1. The molecule has 1 aliphatic heterocycles. The summed E-state index contributed by atoms with van der Waals surface area (Å²) in [6.45, 7) is 7.99. The number of hydrogen-bond donors (Lipinski definition) is 3. The molecule has 1 heterocycles. The van der Waals surface area contributed by atoms with Crippen molar-refractivity contribution < 1.29 is 4.79 Å². The van der Waals surface area contributed by atoms with Crippen molar-refractivity contribution in [1.29, 1.82) is 5.41 Å². The van der Waals surface area contributed by atoms with Gasteiger partial charge in [-0.1, -0.05) is 20.8 Å². The first-order chi connectivity index (χ1) is 7.83. The molecule has 0 aromatic heterocycles. The van der Waals surface area contributed by atoms with Gasteiger partial charge in [-0.25, -0.2) is 4.79 Å². The number of amides is 2. The van der Waals surface area contributed by atoms with E-state index in [0.717, 1.165) is 25.9 Å². The van der Waals surface area contributed by atoms with Crippen LogP contribution in [0.4, 0.5) is 4.79 Å². The Morgan fingerprint density at radius 3 is 2.47 bits per heavy atom. The molecule has 0 bridgehead atoms. The topological polar surface area (TPSA) is 82.2 Å². The Kier molecular flexibility index (Phi) is 4.37. The Morgan fingerprint density at radius 2 is 2.00 bits per heavy atom. The van der Waals surface area contributed by atoms with Gasteiger partial charge in [0.05, 0.1) is 5.84 Å². The number of nitrogens with two attached hydrogens (primary N) is 1. The lowest BCUT2D eigenvalue weighted by atomic mass is 9.92. The summed E-state index contributed by atoms with van der Waals surface area (Å²) in [7, 11) is 0. The minimum Gasteiger partial charge on any atom is -0.387 e. The molecule has 0 aliphatic carbocycles. The minimum atomic E-state index is -0.473. The highest BCUT2D eigenvalue weighted by atomic mass is 16.2. The highest BCUT2D eigenvalue weighted by Crippen LogP contribution is 2.16. The highest BCUT2D eigenvalue weighted by Gasteiger charge is 2.25. The molecule has 1 aliphatic rings. The second-order valence-corrected chi connectivity index (χ2v) is 5.63. The summed E-state index contributed by atoms with van der Waals surface area (Å²) in [5, 5.41) is 10.3. The van der Waals surface area contributed by atoms with E-state index in [1.54, 1.807) is 0 Å². The zero-order valence-electron chi connectivity index (χ0n) is 11.0. The van der Waals surface area contributed by atoms with Gasteiger partial charge in [0.25, 0.3) is 0 Å². The van der Waals surface area contributed by atoms with Gasteiger partial charge >= 0.3 is 6.03 Å². The van der Waals surface area contributed by atoms with E-state index < -0.39 is 5.41 Å². The molecule has 0 atom stereocenters. The second-order valence-electron chi connectivity index (χ2n) is 5.63. The lowest BCUT2D eigenvalue weighted by molar-refractivity contribution is 0.172. The molecule has 5 heteroatoms. The number of nitrogens with one attached hydrogen (secondary N) is 2. The van der Waals surface area contributed by atoms with E-state index in [0.29, 0.717) is 12.5 Å². The fraction of sp³-hybridized carbons (Fsp3) is 0.833. The Morgan fingerprint density at radius 1 is 1.47 bits per heavy atom. The summed E-state index contributed by atoms with van der Waals surface area (Å²) in [4.78, 5) is 13.7. The smallest absolute Gasteiger partial charge is 0.317 e. The Bertz CT molecular complexity index is 293. The van der Waals surface area contributed by atoms with Crippen molar-refractivity contribution in [2.75, 3.05) is 19.6 Å². The van der Waals surface area contributed by atoms with Gasteiger partial charge in [0.1, 0.15) is 0 Å². The molecule has 1 rings (SSSR count). The van der Waals surface area contributed by atoms with Gasteiger partial charge in [0.2, 0.25) is 0 Å². The quantitative estimate of drug-likeness (QED) is 0.514. The number of piperidine rings is 1. The number of urea groups is 1. The van der Waals surface area contributed by atoms with Crippen LogP contribution < -0.4 is 11.1 Å². The molecular weight excluding hydrogens is 216 g/mol. The predicted molar refractivity (Wildman–Crippen MR) is 69.1 cm³/mol. The standard InChI is InChI=1S/C12H24N4O/c1-9-4-6-16(7-5-9)11(17)15-8-12(2,3)10(13)14/h9H,4-8H2,1-3H3,(H3,13,14)(H,15,17). The molecule has 0 spiro atoms. The van der Waals surface area contributed by atoms with Crippen LogP contribution in [0.1, 0.15) is 33.6 Å². The van der Waals surface area contributed by atoms with Crippen molar-refractivity contribution in [3.63, 3.8) is 0 Å². The maximum Gasteiger partial charge on any atom is 0.317 e. The van der Waals surface area contributed by atoms with Crippen LogP contribution in [0.15, 0.2) is 0 Å². The zero-order chi connectivity index (χ0) is 13.1. The van der Waals surface area contributed by atoms with Crippen LogP contribution in [0.25, 0.3) is 0 Å². The van der Waals surface area contributed by atoms with Gasteiger partial charge in [-0.15, -0.1) is 0 Å². The monoisotopic (exact) mass is 240 g/mol. The summed E-state index contributed by atoms with van der Waals surface area (Å²) in [5.74, 6) is 0.817. The van der Waals surface area contributed by atoms with E-state index in [1.807, 2.05) is 18.7 Å². The first kappa shape index (κ1) is 13.8. The van der Waals surface area contributed by atoms with Crippen molar-refractivity contribution in [1.82, 2.24) is 10.2 Å². The van der Waals surface area contributed by atoms with E-state index in [9.17, 15) is 4.79 Å². The van der Waals surface area contributed by atoms with Crippen molar-refractivity contribution in [3.05, 3.63) is 0 Å². The van der Waals surface area contributed by atoms with E-state index in [-0.39, 0.29) is 11.9 Å². The average molecular weight is 240 g/mol. The molecule has 1 fully saturated rings. The Hall–Kier alpha value is -1.26. The van der Waals surface area contributed by atoms with Gasteiger partial charge in [-0.2, -0.15) is 0 Å². The third-order valence-electron chi connectivity index (χ3n) is 3.48. The molecule has 1 saturated heterocycles. The molecule has 5 nitrogen and oxygen atoms in total. The number of amidine groups is 1. The summed E-state index contributed by atoms with van der Waals surface area (Å²) in [6, 6.07) is -0.0359. The fourth-order valence-corrected chi connectivity index (χ4v) is 1.72. The van der Waals surface area contributed by atoms with Crippen molar-refractivity contribution in [2.45, 2.75) is 33.6 Å². The summed E-state index contributed by atoms with van der Waals surface area (Å²) in [5.41, 5.74) is 5.00. The third kappa shape index (κ3) is 3.91. The van der Waals surface area contributed by atoms with E-state index >= 15 is 0 Å². The number of rotatable bonds is 3. The molecule has 98 valence electrons. The maximum absolute atomic E-state index is 11.9. The summed E-state index contributed by atoms with van der Waals surface area (Å²) >= 11 is 0. The van der Waals surface area contributed by atoms with Gasteiger partial charge in [0.15, 0.2) is 0 Å². The molecule has 0 saturated carbocycles. The molecule has 0 aromatic rings. The zero-order valence-corrected chi connectivity index (χ0v) is 11.0. The molecule has 4 N–H and O–H groups in total. The van der Waals surface area contributed by atoms with Crippen LogP contribution in [0.5, 0.6) is 0 Å². The highest BCUT2D eigenvalue weighted by molar-refractivity contribution is 5.84. The van der Waals surface area contributed by atoms with Crippen LogP contribution in [0, 0.1) is 16.7 Å². The maximum atomic E-state index is 11.9. The third-order valence-corrected chi connectivity index (χ3v) is 3.48. The second kappa shape index (κ2) is 5.38. The first-order valence-electron chi connectivity index (χ1n) is 6.20. The van der Waals surface area contributed by atoms with E-state index in [2.05, 4.69) is 12.2 Å². The van der Waals surface area contributed by atoms with Crippen LogP contribution in [0.3, 0.4) is 0 Å². The number of likely N-dealkylation sites (tertiary alicyclic amines) is 1. The summed E-state index contributed by atoms with van der Waals surface area (Å²) in [6.07, 6.45) is 2.15. The molecule has 17 heavy (non-hydrogen) atoms. The first-order valence-corrected chi connectivity index (χ1v) is 6.20.